The van der Waals surface area contributed by atoms with Crippen molar-refractivity contribution in [3.8, 4) is 0 Å². The van der Waals surface area contributed by atoms with Gasteiger partial charge in [0.25, 0.3) is 0 Å². The number of nitrogens with one attached hydrogen (secondary N) is 1. The van der Waals surface area contributed by atoms with E-state index in [2.05, 4.69) is 15.3 Å². The summed E-state index contributed by atoms with van der Waals surface area (Å²) in [4.78, 5) is 17.1. The fourth-order valence-corrected chi connectivity index (χ4v) is 1.18. The van der Waals surface area contributed by atoms with Crippen LogP contribution < -0.4 is 11.1 Å². The summed E-state index contributed by atoms with van der Waals surface area (Å²) in [6, 6.07) is 0. The molecule has 0 bridgehead atoms. The van der Waals surface area contributed by atoms with Gasteiger partial charge in [0.05, 0.1) is 24.7 Å². The monoisotopic (exact) mass is 259 g/mol. The third kappa shape index (κ3) is 2.61. The Balaban J connectivity index is 3.18. The lowest BCUT2D eigenvalue weighted by Gasteiger charge is -2.28. The number of nitrogens with two attached hydrogens (primary N) is 1. The first-order valence-electron chi connectivity index (χ1n) is 4.85. The number of anilines is 2. The molecule has 0 fully saturated rings. The molecule has 0 aliphatic rings. The second-order valence-electron chi connectivity index (χ2n) is 3.59. The number of aromatic nitrogens is 2. The molecule has 18 heavy (non-hydrogen) atoms. The van der Waals surface area contributed by atoms with Crippen molar-refractivity contribution in [2.45, 2.75) is 5.54 Å². The summed E-state index contributed by atoms with van der Waals surface area (Å²) in [5, 5.41) is 40.5. The highest BCUT2D eigenvalue weighted by atomic mass is 16.6. The summed E-state index contributed by atoms with van der Waals surface area (Å²) in [5.74, 6) is -0.648. The molecular formula is C8H13N5O5. The highest BCUT2D eigenvalue weighted by Gasteiger charge is 2.32. The Morgan fingerprint density at radius 2 is 1.89 bits per heavy atom. The molecule has 10 nitrogen and oxygen atoms in total. The van der Waals surface area contributed by atoms with E-state index in [1.54, 1.807) is 0 Å². The van der Waals surface area contributed by atoms with Crippen LogP contribution in [0.3, 0.4) is 0 Å². The molecule has 1 aromatic rings. The van der Waals surface area contributed by atoms with Crippen LogP contribution in [0.15, 0.2) is 6.33 Å². The summed E-state index contributed by atoms with van der Waals surface area (Å²) >= 11 is 0. The molecule has 6 N–H and O–H groups in total. The molecule has 10 heteroatoms. The van der Waals surface area contributed by atoms with E-state index < -0.39 is 36.0 Å². The van der Waals surface area contributed by atoms with Crippen LogP contribution >= 0.6 is 0 Å². The number of hydrogen-bond donors (Lipinski definition) is 5. The number of aliphatic hydroxyl groups excluding tert-OH is 3. The van der Waals surface area contributed by atoms with Gasteiger partial charge in [-0.1, -0.05) is 0 Å². The maximum absolute atomic E-state index is 10.8. The lowest BCUT2D eigenvalue weighted by Crippen LogP contribution is -2.49. The summed E-state index contributed by atoms with van der Waals surface area (Å²) in [6.07, 6.45) is 0.988. The van der Waals surface area contributed by atoms with Crippen molar-refractivity contribution < 1.29 is 20.2 Å². The largest absolute Gasteiger partial charge is 0.394 e. The minimum absolute atomic E-state index is 0.287. The molecule has 1 heterocycles. The lowest BCUT2D eigenvalue weighted by molar-refractivity contribution is -0.383. The Labute approximate surface area is 101 Å². The van der Waals surface area contributed by atoms with Crippen LogP contribution in [0.5, 0.6) is 0 Å². The predicted molar refractivity (Wildman–Crippen MR) is 60.7 cm³/mol. The van der Waals surface area contributed by atoms with E-state index in [-0.39, 0.29) is 11.6 Å². The normalized spacial score (nSPS) is 11.3. The molecule has 0 aliphatic carbocycles. The van der Waals surface area contributed by atoms with Gasteiger partial charge in [-0.25, -0.2) is 9.97 Å². The Morgan fingerprint density at radius 1 is 1.33 bits per heavy atom. The lowest BCUT2D eigenvalue weighted by atomic mass is 10.0. The molecule has 0 amide bonds. The van der Waals surface area contributed by atoms with Gasteiger partial charge in [0.1, 0.15) is 11.9 Å². The van der Waals surface area contributed by atoms with E-state index in [9.17, 15) is 10.1 Å². The number of aliphatic hydroxyl groups is 3. The summed E-state index contributed by atoms with van der Waals surface area (Å²) in [6.45, 7) is -1.96. The quantitative estimate of drug-likeness (QED) is 0.289. The van der Waals surface area contributed by atoms with Gasteiger partial charge < -0.3 is 26.4 Å². The molecule has 0 saturated carbocycles. The minimum atomic E-state index is -1.54. The molecule has 100 valence electrons. The minimum Gasteiger partial charge on any atom is -0.394 e. The zero-order chi connectivity index (χ0) is 13.8. The third-order valence-corrected chi connectivity index (χ3v) is 2.32. The molecule has 0 radical (unpaired) electrons. The molecule has 1 rings (SSSR count). The molecular weight excluding hydrogens is 246 g/mol. The molecule has 0 aliphatic heterocycles. The number of nitro groups is 1. The Morgan fingerprint density at radius 3 is 2.33 bits per heavy atom. The van der Waals surface area contributed by atoms with E-state index in [4.69, 9.17) is 21.1 Å². The zero-order valence-corrected chi connectivity index (χ0v) is 9.28. The van der Waals surface area contributed by atoms with Crippen LogP contribution in [-0.4, -0.2) is 55.6 Å². The molecule has 0 atom stereocenters. The Bertz CT molecular complexity index is 428. The van der Waals surface area contributed by atoms with Crippen LogP contribution in [0, 0.1) is 10.1 Å². The average Bonchev–Trinajstić information content (AvgIpc) is 2.35. The molecule has 0 spiro atoms. The van der Waals surface area contributed by atoms with Gasteiger partial charge in [0.2, 0.25) is 11.6 Å². The van der Waals surface area contributed by atoms with Crippen LogP contribution in [-0.2, 0) is 0 Å². The van der Waals surface area contributed by atoms with Crippen molar-refractivity contribution >= 4 is 17.3 Å². The molecule has 0 saturated heterocycles. The van der Waals surface area contributed by atoms with Crippen molar-refractivity contribution in [2.24, 2.45) is 0 Å². The molecule has 1 aromatic heterocycles. The highest BCUT2D eigenvalue weighted by Crippen LogP contribution is 2.28. The maximum Gasteiger partial charge on any atom is 0.353 e. The van der Waals surface area contributed by atoms with Crippen molar-refractivity contribution in [3.05, 3.63) is 16.4 Å². The molecule has 0 unspecified atom stereocenters. The van der Waals surface area contributed by atoms with Crippen LogP contribution in [0.1, 0.15) is 0 Å². The van der Waals surface area contributed by atoms with E-state index in [1.807, 2.05) is 0 Å². The first-order chi connectivity index (χ1) is 8.49. The van der Waals surface area contributed by atoms with Gasteiger partial charge in [-0.05, 0) is 0 Å². The fraction of sp³-hybridized carbons (Fsp3) is 0.500. The molecule has 0 aromatic carbocycles. The van der Waals surface area contributed by atoms with Crippen molar-refractivity contribution in [1.82, 2.24) is 9.97 Å². The average molecular weight is 259 g/mol. The number of nitrogens with zero attached hydrogens (tertiary/aromatic N) is 3. The fourth-order valence-electron chi connectivity index (χ4n) is 1.18. The SMILES string of the molecule is Nc1ncnc(NC(CO)(CO)CO)c1[N+](=O)[O-]. The standard InChI is InChI=1S/C8H13N5O5/c9-6-5(13(17)18)7(11-4-10-6)12-8(1-14,2-15)3-16/h4,14-16H,1-3H2,(H3,9,10,11,12). The predicted octanol–water partition coefficient (Wildman–Crippen LogP) is -1.91. The first-order valence-corrected chi connectivity index (χ1v) is 4.85. The number of rotatable bonds is 6. The smallest absolute Gasteiger partial charge is 0.353 e. The van der Waals surface area contributed by atoms with Gasteiger partial charge in [-0.2, -0.15) is 0 Å². The van der Waals surface area contributed by atoms with Crippen LogP contribution in [0.2, 0.25) is 0 Å². The van der Waals surface area contributed by atoms with Gasteiger partial charge in [0.15, 0.2) is 0 Å². The Kier molecular flexibility index (Phi) is 4.31. The number of hydrogen-bond acceptors (Lipinski definition) is 9. The Hall–Kier alpha value is -2.04. The van der Waals surface area contributed by atoms with Gasteiger partial charge in [0, 0.05) is 0 Å². The van der Waals surface area contributed by atoms with Crippen molar-refractivity contribution in [3.63, 3.8) is 0 Å². The van der Waals surface area contributed by atoms with Crippen LogP contribution in [0.4, 0.5) is 17.3 Å². The second kappa shape index (κ2) is 5.53. The number of nitrogen functional groups attached to an aromatic ring is 1. The summed E-state index contributed by atoms with van der Waals surface area (Å²) in [7, 11) is 0. The van der Waals surface area contributed by atoms with E-state index >= 15 is 0 Å². The van der Waals surface area contributed by atoms with Gasteiger partial charge in [-0.15, -0.1) is 0 Å². The zero-order valence-electron chi connectivity index (χ0n) is 9.28. The van der Waals surface area contributed by atoms with Crippen molar-refractivity contribution in [2.75, 3.05) is 30.9 Å². The van der Waals surface area contributed by atoms with E-state index in [0.717, 1.165) is 6.33 Å². The third-order valence-electron chi connectivity index (χ3n) is 2.32. The topological polar surface area (TPSA) is 168 Å². The van der Waals surface area contributed by atoms with Gasteiger partial charge in [-0.3, -0.25) is 10.1 Å². The van der Waals surface area contributed by atoms with Gasteiger partial charge >= 0.3 is 5.69 Å². The van der Waals surface area contributed by atoms with E-state index in [1.165, 1.54) is 0 Å². The maximum atomic E-state index is 10.8. The van der Waals surface area contributed by atoms with Crippen LogP contribution in [0.25, 0.3) is 0 Å². The summed E-state index contributed by atoms with van der Waals surface area (Å²) in [5.41, 5.74) is 3.22. The van der Waals surface area contributed by atoms with Crippen molar-refractivity contribution in [1.29, 1.82) is 0 Å². The van der Waals surface area contributed by atoms with E-state index in [0.29, 0.717) is 0 Å². The second-order valence-corrected chi connectivity index (χ2v) is 3.59. The first kappa shape index (κ1) is 14.0. The summed E-state index contributed by atoms with van der Waals surface area (Å²) < 4.78 is 0. The highest BCUT2D eigenvalue weighted by molar-refractivity contribution is 5.67.